The van der Waals surface area contributed by atoms with Crippen LogP contribution in [0.4, 0.5) is 0 Å². The van der Waals surface area contributed by atoms with Crippen molar-refractivity contribution >= 4 is 17.7 Å². The van der Waals surface area contributed by atoms with E-state index in [1.807, 2.05) is 68.7 Å². The van der Waals surface area contributed by atoms with Crippen molar-refractivity contribution in [3.8, 4) is 0 Å². The number of carbonyl (C=O) groups excluding carboxylic acids is 2. The fourth-order valence-electron chi connectivity index (χ4n) is 3.54. The summed E-state index contributed by atoms with van der Waals surface area (Å²) in [6, 6.07) is 26.1. The Balaban J connectivity index is 0.000000396. The van der Waals surface area contributed by atoms with E-state index in [9.17, 15) is 9.59 Å². The zero-order chi connectivity index (χ0) is 24.3. The number of aromatic nitrogens is 2. The highest BCUT2D eigenvalue weighted by Crippen LogP contribution is 2.11. The van der Waals surface area contributed by atoms with Crippen LogP contribution in [0.5, 0.6) is 0 Å². The molecule has 34 heavy (non-hydrogen) atoms. The van der Waals surface area contributed by atoms with Gasteiger partial charge in [0.25, 0.3) is 5.91 Å². The Morgan fingerprint density at radius 3 is 2.21 bits per heavy atom. The molecular weight excluding hydrogens is 424 g/mol. The van der Waals surface area contributed by atoms with Crippen LogP contribution >= 0.6 is 0 Å². The van der Waals surface area contributed by atoms with Gasteiger partial charge in [0, 0.05) is 25.8 Å². The van der Waals surface area contributed by atoms with Crippen LogP contribution in [0.25, 0.3) is 5.52 Å². The number of aryl methyl sites for hydroxylation is 2. The van der Waals surface area contributed by atoms with Gasteiger partial charge < -0.3 is 14.6 Å². The average molecular weight is 457 g/mol. The van der Waals surface area contributed by atoms with Crippen LogP contribution in [0, 0.1) is 13.8 Å². The van der Waals surface area contributed by atoms with Gasteiger partial charge in [0.1, 0.15) is 6.29 Å². The molecule has 0 aliphatic rings. The summed E-state index contributed by atoms with van der Waals surface area (Å²) in [5.41, 5.74) is 4.86. The van der Waals surface area contributed by atoms with Crippen molar-refractivity contribution in [2.75, 3.05) is 26.7 Å². The lowest BCUT2D eigenvalue weighted by atomic mass is 10.2. The Bertz CT molecular complexity index is 1190. The zero-order valence-corrected chi connectivity index (χ0v) is 20.1. The highest BCUT2D eigenvalue weighted by atomic mass is 16.2. The predicted octanol–water partition coefficient (Wildman–Crippen LogP) is 4.41. The summed E-state index contributed by atoms with van der Waals surface area (Å²) in [4.78, 5) is 27.6. The van der Waals surface area contributed by atoms with E-state index in [1.165, 1.54) is 11.1 Å². The van der Waals surface area contributed by atoms with Crippen molar-refractivity contribution in [2.45, 2.75) is 20.4 Å². The number of benzene rings is 2. The van der Waals surface area contributed by atoms with Crippen molar-refractivity contribution in [3.63, 3.8) is 0 Å². The molecule has 0 bridgehead atoms. The molecule has 0 aliphatic heterocycles. The lowest BCUT2D eigenvalue weighted by molar-refractivity contribution is -0.108. The van der Waals surface area contributed by atoms with Gasteiger partial charge in [-0.1, -0.05) is 66.2 Å². The highest BCUT2D eigenvalue weighted by Gasteiger charge is 2.19. The predicted molar refractivity (Wildman–Crippen MR) is 136 cm³/mol. The molecule has 0 aliphatic carbocycles. The van der Waals surface area contributed by atoms with Crippen LogP contribution in [0.3, 0.4) is 0 Å². The summed E-state index contributed by atoms with van der Waals surface area (Å²) in [7, 11) is 2.00. The largest absolute Gasteiger partial charge is 0.329 e. The summed E-state index contributed by atoms with van der Waals surface area (Å²) in [6.07, 6.45) is 2.59. The number of likely N-dealkylation sites (N-methyl/N-ethyl adjacent to an activating group) is 1. The number of pyridine rings is 1. The number of carbonyl (C=O) groups is 2. The monoisotopic (exact) mass is 456 g/mol. The maximum Gasteiger partial charge on any atom is 0.274 e. The lowest BCUT2D eigenvalue weighted by Crippen LogP contribution is -2.38. The first-order valence-corrected chi connectivity index (χ1v) is 11.4. The number of hydrogen-bond acceptors (Lipinski definition) is 4. The van der Waals surface area contributed by atoms with Gasteiger partial charge in [0.15, 0.2) is 5.69 Å². The molecule has 2 aromatic heterocycles. The fraction of sp³-hybridized carbons (Fsp3) is 0.250. The Morgan fingerprint density at radius 2 is 1.59 bits per heavy atom. The molecule has 6 heteroatoms. The van der Waals surface area contributed by atoms with Crippen LogP contribution in [-0.4, -0.2) is 58.3 Å². The minimum atomic E-state index is -0.225. The molecule has 2 aromatic carbocycles. The van der Waals surface area contributed by atoms with Crippen molar-refractivity contribution in [2.24, 2.45) is 0 Å². The number of nitrogens with zero attached hydrogens (tertiary/aromatic N) is 4. The van der Waals surface area contributed by atoms with Crippen LogP contribution < -0.4 is 0 Å². The second kappa shape index (κ2) is 12.5. The van der Waals surface area contributed by atoms with Gasteiger partial charge in [-0.05, 0) is 50.2 Å². The summed E-state index contributed by atoms with van der Waals surface area (Å²) < 4.78 is 1.68. The number of fused-ring (bicyclic) bond motifs is 1. The molecule has 4 aromatic rings. The number of hydrogen-bond donors (Lipinski definition) is 0. The van der Waals surface area contributed by atoms with Gasteiger partial charge in [0.2, 0.25) is 0 Å². The van der Waals surface area contributed by atoms with Gasteiger partial charge in [0.05, 0.1) is 12.1 Å². The smallest absolute Gasteiger partial charge is 0.274 e. The van der Waals surface area contributed by atoms with Gasteiger partial charge in [-0.15, -0.1) is 0 Å². The van der Waals surface area contributed by atoms with Crippen LogP contribution in [0.1, 0.15) is 27.2 Å². The van der Waals surface area contributed by atoms with E-state index in [0.717, 1.165) is 23.9 Å². The molecule has 0 saturated carbocycles. The van der Waals surface area contributed by atoms with E-state index in [4.69, 9.17) is 0 Å². The van der Waals surface area contributed by atoms with Gasteiger partial charge in [-0.3, -0.25) is 4.79 Å². The summed E-state index contributed by atoms with van der Waals surface area (Å²) in [6.45, 7) is 6.06. The van der Waals surface area contributed by atoms with E-state index < -0.39 is 0 Å². The summed E-state index contributed by atoms with van der Waals surface area (Å²) in [5, 5.41) is 4.35. The van der Waals surface area contributed by atoms with Crippen molar-refractivity contribution < 1.29 is 9.59 Å². The summed E-state index contributed by atoms with van der Waals surface area (Å²) >= 11 is 0. The average Bonchev–Trinajstić information content (AvgIpc) is 3.26. The quantitative estimate of drug-likeness (QED) is 0.369. The Kier molecular flexibility index (Phi) is 9.12. The standard InChI is InChI=1S/C21H24N4O2.C7H8/c1-17-8-9-25-19(14-17)15-20(22-25)21(27)24(12-13-26)11-10-23(2)16-18-6-4-3-5-7-18;1-7-5-3-2-4-6-7/h3-9,13-15H,10-12,16H2,1-2H3;2-6H,1H3. The van der Waals surface area contributed by atoms with E-state index in [2.05, 4.69) is 41.2 Å². The third-order valence-electron chi connectivity index (χ3n) is 5.41. The molecule has 0 fully saturated rings. The zero-order valence-electron chi connectivity index (χ0n) is 20.1. The third kappa shape index (κ3) is 7.39. The second-order valence-electron chi connectivity index (χ2n) is 8.40. The van der Waals surface area contributed by atoms with Crippen molar-refractivity contribution in [3.05, 3.63) is 107 Å². The van der Waals surface area contributed by atoms with Crippen LogP contribution in [-0.2, 0) is 11.3 Å². The SMILES string of the molecule is Cc1ccccc1.Cc1ccn2nc(C(=O)N(CC=O)CCN(C)Cc3ccccc3)cc2c1. The molecule has 6 nitrogen and oxygen atoms in total. The molecule has 0 atom stereocenters. The number of aldehydes is 1. The van der Waals surface area contributed by atoms with Crippen molar-refractivity contribution in [1.29, 1.82) is 0 Å². The van der Waals surface area contributed by atoms with E-state index in [0.29, 0.717) is 18.8 Å². The molecule has 0 spiro atoms. The molecule has 0 N–H and O–H groups in total. The normalized spacial score (nSPS) is 10.6. The first-order chi connectivity index (χ1) is 16.5. The molecule has 4 rings (SSSR count). The van der Waals surface area contributed by atoms with Crippen LogP contribution in [0.15, 0.2) is 85.1 Å². The number of rotatable bonds is 8. The topological polar surface area (TPSA) is 57.9 Å². The first-order valence-electron chi connectivity index (χ1n) is 11.4. The molecule has 2 heterocycles. The third-order valence-corrected chi connectivity index (χ3v) is 5.41. The molecule has 0 unspecified atom stereocenters. The maximum absolute atomic E-state index is 12.8. The van der Waals surface area contributed by atoms with E-state index in [-0.39, 0.29) is 12.5 Å². The fourth-order valence-corrected chi connectivity index (χ4v) is 3.54. The van der Waals surface area contributed by atoms with E-state index >= 15 is 0 Å². The van der Waals surface area contributed by atoms with Crippen molar-refractivity contribution in [1.82, 2.24) is 19.4 Å². The van der Waals surface area contributed by atoms with E-state index in [1.54, 1.807) is 15.5 Å². The molecule has 176 valence electrons. The lowest BCUT2D eigenvalue weighted by Gasteiger charge is -2.23. The van der Waals surface area contributed by atoms with Gasteiger partial charge in [-0.2, -0.15) is 5.10 Å². The number of amides is 1. The summed E-state index contributed by atoms with van der Waals surface area (Å²) in [5.74, 6) is -0.225. The maximum atomic E-state index is 12.8. The second-order valence-corrected chi connectivity index (χ2v) is 8.40. The molecular formula is C28H32N4O2. The molecule has 0 saturated heterocycles. The molecule has 1 amide bonds. The Labute approximate surface area is 201 Å². The van der Waals surface area contributed by atoms with Gasteiger partial charge in [-0.25, -0.2) is 4.52 Å². The van der Waals surface area contributed by atoms with Gasteiger partial charge >= 0.3 is 0 Å². The minimum Gasteiger partial charge on any atom is -0.329 e. The Hall–Kier alpha value is -3.77. The Morgan fingerprint density at radius 1 is 0.912 bits per heavy atom. The first kappa shape index (κ1) is 24.9. The van der Waals surface area contributed by atoms with Crippen LogP contribution in [0.2, 0.25) is 0 Å². The minimum absolute atomic E-state index is 0.0604. The molecule has 0 radical (unpaired) electrons. The highest BCUT2D eigenvalue weighted by molar-refractivity contribution is 5.94.